The molecule has 0 aliphatic carbocycles. The summed E-state index contributed by atoms with van der Waals surface area (Å²) >= 11 is 0. The molecule has 0 fully saturated rings. The van der Waals surface area contributed by atoms with Crippen molar-refractivity contribution in [1.82, 2.24) is 9.97 Å². The molecule has 0 saturated heterocycles. The summed E-state index contributed by atoms with van der Waals surface area (Å²) in [6.07, 6.45) is 6.51. The number of nitrogens with one attached hydrogen (secondary N) is 1. The van der Waals surface area contributed by atoms with Crippen LogP contribution in [0.3, 0.4) is 0 Å². The van der Waals surface area contributed by atoms with Crippen LogP contribution in [-0.4, -0.2) is 16.6 Å². The Balaban J connectivity index is 2.67. The van der Waals surface area contributed by atoms with Crippen LogP contribution < -0.4 is 16.0 Å². The molecule has 62 valence electrons. The Bertz CT molecular complexity index is 294. The second-order valence-corrected chi connectivity index (χ2v) is 1.86. The van der Waals surface area contributed by atoms with Crippen molar-refractivity contribution in [2.24, 2.45) is 5.84 Å². The SMILES string of the molecule is C#CCOc1ccnc(NN)n1. The number of nitrogens with zero attached hydrogens (tertiary/aromatic N) is 2. The minimum atomic E-state index is 0.182. The first-order chi connectivity index (χ1) is 5.86. The molecular weight excluding hydrogens is 156 g/mol. The fourth-order valence-corrected chi connectivity index (χ4v) is 0.608. The highest BCUT2D eigenvalue weighted by atomic mass is 16.5. The molecule has 1 rings (SSSR count). The maximum Gasteiger partial charge on any atom is 0.240 e. The van der Waals surface area contributed by atoms with Gasteiger partial charge in [-0.3, -0.25) is 5.43 Å². The smallest absolute Gasteiger partial charge is 0.240 e. The van der Waals surface area contributed by atoms with Gasteiger partial charge in [-0.15, -0.1) is 6.42 Å². The lowest BCUT2D eigenvalue weighted by molar-refractivity contribution is 0.355. The quantitative estimate of drug-likeness (QED) is 0.367. The third-order valence-corrected chi connectivity index (χ3v) is 1.06. The lowest BCUT2D eigenvalue weighted by Crippen LogP contribution is -2.10. The van der Waals surface area contributed by atoms with Gasteiger partial charge in [0, 0.05) is 12.3 Å². The zero-order valence-corrected chi connectivity index (χ0v) is 6.32. The lowest BCUT2D eigenvalue weighted by Gasteiger charge is -2.01. The molecule has 1 aromatic heterocycles. The summed E-state index contributed by atoms with van der Waals surface area (Å²) in [6, 6.07) is 1.60. The highest BCUT2D eigenvalue weighted by molar-refractivity contribution is 5.25. The summed E-state index contributed by atoms with van der Waals surface area (Å²) < 4.78 is 5.01. The van der Waals surface area contributed by atoms with Gasteiger partial charge in [-0.1, -0.05) is 5.92 Å². The van der Waals surface area contributed by atoms with Crippen LogP contribution in [0.25, 0.3) is 0 Å². The van der Waals surface area contributed by atoms with Gasteiger partial charge >= 0.3 is 0 Å². The van der Waals surface area contributed by atoms with Crippen molar-refractivity contribution >= 4 is 5.95 Å². The van der Waals surface area contributed by atoms with Crippen LogP contribution >= 0.6 is 0 Å². The van der Waals surface area contributed by atoms with Crippen molar-refractivity contribution in [2.75, 3.05) is 12.0 Å². The number of hydrogen-bond donors (Lipinski definition) is 2. The van der Waals surface area contributed by atoms with E-state index in [9.17, 15) is 0 Å². The summed E-state index contributed by atoms with van der Waals surface area (Å²) in [6.45, 7) is 0.182. The molecule has 0 aliphatic rings. The molecule has 5 heteroatoms. The van der Waals surface area contributed by atoms with Crippen LogP contribution in [-0.2, 0) is 0 Å². The summed E-state index contributed by atoms with van der Waals surface area (Å²) in [7, 11) is 0. The third kappa shape index (κ3) is 2.11. The van der Waals surface area contributed by atoms with Crippen LogP contribution in [0.5, 0.6) is 5.88 Å². The maximum absolute atomic E-state index is 5.08. The molecule has 1 aromatic rings. The molecule has 3 N–H and O–H groups in total. The van der Waals surface area contributed by atoms with Crippen molar-refractivity contribution in [3.63, 3.8) is 0 Å². The van der Waals surface area contributed by atoms with Gasteiger partial charge < -0.3 is 4.74 Å². The predicted octanol–water partition coefficient (Wildman–Crippen LogP) is -0.226. The van der Waals surface area contributed by atoms with Crippen LogP contribution in [0.2, 0.25) is 0 Å². The second kappa shape index (κ2) is 4.16. The monoisotopic (exact) mass is 164 g/mol. The average Bonchev–Trinajstić information content (AvgIpc) is 2.15. The van der Waals surface area contributed by atoms with E-state index in [4.69, 9.17) is 17.0 Å². The van der Waals surface area contributed by atoms with E-state index in [-0.39, 0.29) is 6.61 Å². The van der Waals surface area contributed by atoms with Crippen molar-refractivity contribution in [2.45, 2.75) is 0 Å². The number of hydrogen-bond acceptors (Lipinski definition) is 5. The lowest BCUT2D eigenvalue weighted by atomic mass is 10.6. The minimum absolute atomic E-state index is 0.182. The van der Waals surface area contributed by atoms with E-state index in [2.05, 4.69) is 21.3 Å². The minimum Gasteiger partial charge on any atom is -0.464 e. The molecule has 12 heavy (non-hydrogen) atoms. The van der Waals surface area contributed by atoms with Crippen molar-refractivity contribution in [3.8, 4) is 18.2 Å². The van der Waals surface area contributed by atoms with Gasteiger partial charge in [0.05, 0.1) is 0 Å². The largest absolute Gasteiger partial charge is 0.464 e. The molecule has 5 nitrogen and oxygen atoms in total. The summed E-state index contributed by atoms with van der Waals surface area (Å²) in [5, 5.41) is 0. The normalized spacial score (nSPS) is 8.67. The Morgan fingerprint density at radius 1 is 1.75 bits per heavy atom. The van der Waals surface area contributed by atoms with E-state index in [1.807, 2.05) is 0 Å². The maximum atomic E-state index is 5.08. The number of hydrazine groups is 1. The highest BCUT2D eigenvalue weighted by Gasteiger charge is 1.95. The molecule has 0 saturated carbocycles. The van der Waals surface area contributed by atoms with Gasteiger partial charge in [0.1, 0.15) is 0 Å². The molecule has 0 unspecified atom stereocenters. The average molecular weight is 164 g/mol. The van der Waals surface area contributed by atoms with Crippen molar-refractivity contribution in [3.05, 3.63) is 12.3 Å². The van der Waals surface area contributed by atoms with E-state index >= 15 is 0 Å². The first-order valence-electron chi connectivity index (χ1n) is 3.22. The van der Waals surface area contributed by atoms with E-state index in [1.54, 1.807) is 6.07 Å². The number of terminal acetylenes is 1. The summed E-state index contributed by atoms with van der Waals surface area (Å²) in [5.74, 6) is 8.09. The van der Waals surface area contributed by atoms with Crippen LogP contribution in [0, 0.1) is 12.3 Å². The number of ether oxygens (including phenoxy) is 1. The Kier molecular flexibility index (Phi) is 2.87. The standard InChI is InChI=1S/C7H8N4O/c1-2-5-12-6-3-4-9-7(10-6)11-8/h1,3-4H,5,8H2,(H,9,10,11). The van der Waals surface area contributed by atoms with Gasteiger partial charge in [-0.2, -0.15) is 4.98 Å². The first kappa shape index (κ1) is 8.30. The zero-order valence-electron chi connectivity index (χ0n) is 6.32. The number of nitrogen functional groups attached to an aromatic ring is 1. The Labute approximate surface area is 69.9 Å². The first-order valence-corrected chi connectivity index (χ1v) is 3.22. The van der Waals surface area contributed by atoms with Gasteiger partial charge in [0.2, 0.25) is 11.8 Å². The summed E-state index contributed by atoms with van der Waals surface area (Å²) in [4.78, 5) is 7.65. The number of rotatable bonds is 3. The van der Waals surface area contributed by atoms with Gasteiger partial charge in [0.15, 0.2) is 6.61 Å². The molecule has 1 heterocycles. The zero-order chi connectivity index (χ0) is 8.81. The molecule has 0 aliphatic heterocycles. The van der Waals surface area contributed by atoms with Crippen LogP contribution in [0.4, 0.5) is 5.95 Å². The second-order valence-electron chi connectivity index (χ2n) is 1.86. The van der Waals surface area contributed by atoms with E-state index in [0.717, 1.165) is 0 Å². The predicted molar refractivity (Wildman–Crippen MR) is 44.2 cm³/mol. The topological polar surface area (TPSA) is 73.1 Å². The van der Waals surface area contributed by atoms with E-state index < -0.39 is 0 Å². The third-order valence-electron chi connectivity index (χ3n) is 1.06. The van der Waals surface area contributed by atoms with E-state index in [1.165, 1.54) is 6.20 Å². The van der Waals surface area contributed by atoms with Crippen molar-refractivity contribution < 1.29 is 4.74 Å². The summed E-state index contributed by atoms with van der Waals surface area (Å²) in [5.41, 5.74) is 2.29. The number of aromatic nitrogens is 2. The number of nitrogens with two attached hydrogens (primary N) is 1. The van der Waals surface area contributed by atoms with E-state index in [0.29, 0.717) is 11.8 Å². The molecule has 0 atom stereocenters. The Morgan fingerprint density at radius 3 is 3.25 bits per heavy atom. The van der Waals surface area contributed by atoms with Crippen molar-refractivity contribution in [1.29, 1.82) is 0 Å². The Hall–Kier alpha value is -1.80. The molecule has 0 amide bonds. The molecule has 0 bridgehead atoms. The van der Waals surface area contributed by atoms with Gasteiger partial charge in [-0.05, 0) is 0 Å². The molecule has 0 spiro atoms. The fourth-order valence-electron chi connectivity index (χ4n) is 0.608. The van der Waals surface area contributed by atoms with Crippen LogP contribution in [0.15, 0.2) is 12.3 Å². The fraction of sp³-hybridized carbons (Fsp3) is 0.143. The van der Waals surface area contributed by atoms with Crippen LogP contribution in [0.1, 0.15) is 0 Å². The van der Waals surface area contributed by atoms with Gasteiger partial charge in [-0.25, -0.2) is 10.8 Å². The Morgan fingerprint density at radius 2 is 2.58 bits per heavy atom. The molecule has 0 aromatic carbocycles. The molecule has 0 radical (unpaired) electrons. The molecular formula is C7H8N4O. The number of anilines is 1. The van der Waals surface area contributed by atoms with Gasteiger partial charge in [0.25, 0.3) is 0 Å². The highest BCUT2D eigenvalue weighted by Crippen LogP contribution is 2.06.